The lowest BCUT2D eigenvalue weighted by molar-refractivity contribution is 0.0955. The number of amides is 1. The van der Waals surface area contributed by atoms with Crippen LogP contribution in [-0.2, 0) is 0 Å². The number of hydrazone groups is 1. The van der Waals surface area contributed by atoms with E-state index in [0.29, 0.717) is 17.2 Å². The number of hydrogen-bond donors (Lipinski definition) is 1. The molecule has 0 unspecified atom stereocenters. The van der Waals surface area contributed by atoms with Crippen LogP contribution in [0.3, 0.4) is 0 Å². The van der Waals surface area contributed by atoms with Crippen LogP contribution in [-0.4, -0.2) is 12.1 Å². The van der Waals surface area contributed by atoms with Gasteiger partial charge >= 0.3 is 0 Å². The second-order valence-electron chi connectivity index (χ2n) is 4.54. The lowest BCUT2D eigenvalue weighted by Gasteiger charge is -1.97. The molecule has 1 amide bonds. The molecule has 1 N–H and O–H groups in total. The standard InChI is InChI=1S/C14H16N2O2S/c1-9(2)13-6-11(8-19-13)14(17)16-15-7-12-5-4-10(3)18-12/h4-9H,1-3H3,(H,16,17)/b15-7+. The molecule has 19 heavy (non-hydrogen) atoms. The summed E-state index contributed by atoms with van der Waals surface area (Å²) in [5, 5.41) is 5.72. The zero-order chi connectivity index (χ0) is 13.8. The van der Waals surface area contributed by atoms with E-state index in [4.69, 9.17) is 4.42 Å². The van der Waals surface area contributed by atoms with Crippen LogP contribution in [0, 0.1) is 6.92 Å². The van der Waals surface area contributed by atoms with E-state index >= 15 is 0 Å². The molecule has 2 aromatic rings. The lowest BCUT2D eigenvalue weighted by atomic mass is 10.1. The maximum Gasteiger partial charge on any atom is 0.272 e. The van der Waals surface area contributed by atoms with Crippen molar-refractivity contribution < 1.29 is 9.21 Å². The van der Waals surface area contributed by atoms with E-state index in [0.717, 1.165) is 5.76 Å². The zero-order valence-electron chi connectivity index (χ0n) is 11.1. The minimum absolute atomic E-state index is 0.206. The number of aryl methyl sites for hydroxylation is 1. The second kappa shape index (κ2) is 5.84. The van der Waals surface area contributed by atoms with Crippen LogP contribution in [0.5, 0.6) is 0 Å². The Bertz CT molecular complexity index is 596. The summed E-state index contributed by atoms with van der Waals surface area (Å²) in [6.45, 7) is 6.06. The molecule has 4 nitrogen and oxygen atoms in total. The van der Waals surface area contributed by atoms with Gasteiger partial charge in [0.25, 0.3) is 5.91 Å². The van der Waals surface area contributed by atoms with Crippen LogP contribution in [0.25, 0.3) is 0 Å². The van der Waals surface area contributed by atoms with Crippen molar-refractivity contribution in [1.29, 1.82) is 0 Å². The number of carbonyl (C=O) groups excluding carboxylic acids is 1. The highest BCUT2D eigenvalue weighted by Crippen LogP contribution is 2.22. The molecule has 0 bridgehead atoms. The van der Waals surface area contributed by atoms with Gasteiger partial charge in [0.05, 0.1) is 11.8 Å². The number of thiophene rings is 1. The molecule has 0 aliphatic rings. The topological polar surface area (TPSA) is 54.6 Å². The first-order chi connectivity index (χ1) is 9.06. The Hall–Kier alpha value is -1.88. The van der Waals surface area contributed by atoms with Crippen molar-refractivity contribution >= 4 is 23.5 Å². The van der Waals surface area contributed by atoms with Gasteiger partial charge in [-0.25, -0.2) is 5.43 Å². The Morgan fingerprint density at radius 1 is 1.47 bits per heavy atom. The average molecular weight is 276 g/mol. The molecule has 0 spiro atoms. The molecule has 0 radical (unpaired) electrons. The minimum atomic E-state index is -0.206. The molecule has 0 fully saturated rings. The fourth-order valence-electron chi connectivity index (χ4n) is 1.52. The normalized spacial score (nSPS) is 11.4. The summed E-state index contributed by atoms with van der Waals surface area (Å²) in [5.74, 6) is 1.65. The Balaban J connectivity index is 1.95. The Labute approximate surface area is 116 Å². The third-order valence-corrected chi connectivity index (χ3v) is 3.80. The number of hydrogen-bond acceptors (Lipinski definition) is 4. The second-order valence-corrected chi connectivity index (χ2v) is 5.48. The van der Waals surface area contributed by atoms with Crippen LogP contribution in [0.4, 0.5) is 0 Å². The van der Waals surface area contributed by atoms with Crippen molar-refractivity contribution in [3.05, 3.63) is 45.5 Å². The monoisotopic (exact) mass is 276 g/mol. The van der Waals surface area contributed by atoms with Crippen LogP contribution < -0.4 is 5.43 Å². The number of nitrogens with zero attached hydrogens (tertiary/aromatic N) is 1. The summed E-state index contributed by atoms with van der Waals surface area (Å²) >= 11 is 1.59. The fourth-order valence-corrected chi connectivity index (χ4v) is 2.42. The first kappa shape index (κ1) is 13.5. The first-order valence-corrected chi connectivity index (χ1v) is 6.92. The summed E-state index contributed by atoms with van der Waals surface area (Å²) < 4.78 is 5.31. The molecule has 0 aliphatic heterocycles. The van der Waals surface area contributed by atoms with Gasteiger partial charge in [-0.3, -0.25) is 4.79 Å². The van der Waals surface area contributed by atoms with Crippen molar-refractivity contribution in [2.75, 3.05) is 0 Å². The van der Waals surface area contributed by atoms with Crippen molar-refractivity contribution in [2.24, 2.45) is 5.10 Å². The third-order valence-electron chi connectivity index (χ3n) is 2.57. The summed E-state index contributed by atoms with van der Waals surface area (Å²) in [5.41, 5.74) is 3.13. The smallest absolute Gasteiger partial charge is 0.272 e. The van der Waals surface area contributed by atoms with Gasteiger partial charge in [-0.15, -0.1) is 11.3 Å². The van der Waals surface area contributed by atoms with E-state index < -0.39 is 0 Å². The summed E-state index contributed by atoms with van der Waals surface area (Å²) in [6, 6.07) is 5.54. The summed E-state index contributed by atoms with van der Waals surface area (Å²) in [6.07, 6.45) is 1.49. The van der Waals surface area contributed by atoms with Crippen molar-refractivity contribution in [3.63, 3.8) is 0 Å². The Kier molecular flexibility index (Phi) is 4.16. The molecule has 5 heteroatoms. The predicted molar refractivity (Wildman–Crippen MR) is 76.9 cm³/mol. The van der Waals surface area contributed by atoms with Gasteiger partial charge < -0.3 is 4.42 Å². The van der Waals surface area contributed by atoms with Gasteiger partial charge in [0, 0.05) is 10.3 Å². The first-order valence-electron chi connectivity index (χ1n) is 6.04. The highest BCUT2D eigenvalue weighted by Gasteiger charge is 2.09. The molecule has 0 aliphatic carbocycles. The minimum Gasteiger partial charge on any atom is -0.460 e. The fraction of sp³-hybridized carbons (Fsp3) is 0.286. The molecule has 2 heterocycles. The Morgan fingerprint density at radius 2 is 2.26 bits per heavy atom. The number of furan rings is 1. The highest BCUT2D eigenvalue weighted by atomic mass is 32.1. The molecule has 2 rings (SSSR count). The molecule has 0 atom stereocenters. The van der Waals surface area contributed by atoms with E-state index in [2.05, 4.69) is 24.4 Å². The van der Waals surface area contributed by atoms with E-state index in [1.807, 2.05) is 24.4 Å². The maximum atomic E-state index is 11.8. The number of carbonyl (C=O) groups is 1. The molecular formula is C14H16N2O2S. The lowest BCUT2D eigenvalue weighted by Crippen LogP contribution is -2.16. The third kappa shape index (κ3) is 3.54. The van der Waals surface area contributed by atoms with E-state index in [1.165, 1.54) is 11.1 Å². The van der Waals surface area contributed by atoms with Crippen LogP contribution in [0.15, 0.2) is 33.1 Å². The average Bonchev–Trinajstić information content (AvgIpc) is 2.98. The van der Waals surface area contributed by atoms with E-state index in [9.17, 15) is 4.79 Å². The van der Waals surface area contributed by atoms with Gasteiger partial charge in [-0.05, 0) is 31.0 Å². The van der Waals surface area contributed by atoms with Gasteiger partial charge in [0.1, 0.15) is 11.5 Å². The number of nitrogens with one attached hydrogen (secondary N) is 1. The van der Waals surface area contributed by atoms with E-state index in [1.54, 1.807) is 17.4 Å². The molecular weight excluding hydrogens is 260 g/mol. The van der Waals surface area contributed by atoms with Crippen molar-refractivity contribution in [3.8, 4) is 0 Å². The highest BCUT2D eigenvalue weighted by molar-refractivity contribution is 7.10. The summed E-state index contributed by atoms with van der Waals surface area (Å²) in [7, 11) is 0. The van der Waals surface area contributed by atoms with E-state index in [-0.39, 0.29) is 5.91 Å². The molecule has 0 saturated heterocycles. The van der Waals surface area contributed by atoms with Gasteiger partial charge in [0.15, 0.2) is 0 Å². The Morgan fingerprint density at radius 3 is 2.84 bits per heavy atom. The van der Waals surface area contributed by atoms with Gasteiger partial charge in [-0.1, -0.05) is 13.8 Å². The molecule has 100 valence electrons. The largest absolute Gasteiger partial charge is 0.460 e. The van der Waals surface area contributed by atoms with Crippen LogP contribution in [0.1, 0.15) is 46.5 Å². The molecule has 2 aromatic heterocycles. The SMILES string of the molecule is Cc1ccc(/C=N/NC(=O)c2csc(C(C)C)c2)o1. The van der Waals surface area contributed by atoms with Crippen LogP contribution in [0.2, 0.25) is 0 Å². The number of rotatable bonds is 4. The van der Waals surface area contributed by atoms with Crippen molar-refractivity contribution in [2.45, 2.75) is 26.7 Å². The van der Waals surface area contributed by atoms with Gasteiger partial charge in [-0.2, -0.15) is 5.10 Å². The molecule has 0 saturated carbocycles. The molecule has 0 aromatic carbocycles. The quantitative estimate of drug-likeness (QED) is 0.686. The summed E-state index contributed by atoms with van der Waals surface area (Å²) in [4.78, 5) is 13.0. The van der Waals surface area contributed by atoms with Crippen molar-refractivity contribution in [1.82, 2.24) is 5.43 Å². The maximum absolute atomic E-state index is 11.8. The van der Waals surface area contributed by atoms with Crippen LogP contribution >= 0.6 is 11.3 Å². The van der Waals surface area contributed by atoms with Gasteiger partial charge in [0.2, 0.25) is 0 Å². The predicted octanol–water partition coefficient (Wildman–Crippen LogP) is 3.54. The zero-order valence-corrected chi connectivity index (χ0v) is 12.0.